The highest BCUT2D eigenvalue weighted by Crippen LogP contribution is 2.44. The van der Waals surface area contributed by atoms with Gasteiger partial charge in [-0.25, -0.2) is 4.79 Å². The van der Waals surface area contributed by atoms with Crippen LogP contribution < -0.4 is 5.32 Å². The first-order valence-corrected chi connectivity index (χ1v) is 13.7. The molecule has 178 valence electrons. The van der Waals surface area contributed by atoms with Gasteiger partial charge in [0.15, 0.2) is 5.78 Å². The van der Waals surface area contributed by atoms with E-state index in [1.807, 2.05) is 30.5 Å². The molecule has 0 unspecified atom stereocenters. The molecule has 0 aromatic heterocycles. The van der Waals surface area contributed by atoms with Crippen molar-refractivity contribution in [1.82, 2.24) is 5.32 Å². The minimum Gasteiger partial charge on any atom is -0.449 e. The molecule has 3 rings (SSSR count). The lowest BCUT2D eigenvalue weighted by atomic mass is 9.98. The number of thioether (sulfide) groups is 1. The first-order valence-electron chi connectivity index (χ1n) is 12.3. The molecule has 2 aromatic rings. The number of unbranched alkanes of at least 4 members (excludes halogenated alkanes) is 5. The van der Waals surface area contributed by atoms with Gasteiger partial charge in [0.05, 0.1) is 6.04 Å². The molecule has 0 heterocycles. The Kier molecular flexibility index (Phi) is 10.3. The quantitative estimate of drug-likeness (QED) is 0.305. The van der Waals surface area contributed by atoms with Crippen LogP contribution in [-0.2, 0) is 9.53 Å². The highest BCUT2D eigenvalue weighted by molar-refractivity contribution is 7.98. The molecular weight excluding hydrogens is 430 g/mol. The number of hydrogen-bond acceptors (Lipinski definition) is 4. The number of nitrogens with one attached hydrogen (secondary N) is 1. The van der Waals surface area contributed by atoms with Crippen molar-refractivity contribution in [1.29, 1.82) is 0 Å². The monoisotopic (exact) mass is 467 g/mol. The smallest absolute Gasteiger partial charge is 0.407 e. The summed E-state index contributed by atoms with van der Waals surface area (Å²) >= 11 is 1.69. The molecule has 0 fully saturated rings. The van der Waals surface area contributed by atoms with Crippen molar-refractivity contribution in [2.45, 2.75) is 70.3 Å². The lowest BCUT2D eigenvalue weighted by Crippen LogP contribution is -2.41. The van der Waals surface area contributed by atoms with Crippen LogP contribution in [0.4, 0.5) is 4.79 Å². The van der Waals surface area contributed by atoms with Crippen molar-refractivity contribution in [2.24, 2.45) is 0 Å². The largest absolute Gasteiger partial charge is 0.449 e. The lowest BCUT2D eigenvalue weighted by molar-refractivity contribution is -0.121. The van der Waals surface area contributed by atoms with Gasteiger partial charge < -0.3 is 10.1 Å². The van der Waals surface area contributed by atoms with Crippen molar-refractivity contribution < 1.29 is 14.3 Å². The molecule has 2 aromatic carbocycles. The second kappa shape index (κ2) is 13.4. The van der Waals surface area contributed by atoms with Crippen LogP contribution in [0, 0.1) is 0 Å². The van der Waals surface area contributed by atoms with E-state index in [0.717, 1.165) is 18.6 Å². The summed E-state index contributed by atoms with van der Waals surface area (Å²) in [5.41, 5.74) is 4.78. The maximum absolute atomic E-state index is 12.8. The molecule has 1 amide bonds. The Morgan fingerprint density at radius 3 is 2.18 bits per heavy atom. The Morgan fingerprint density at radius 2 is 1.55 bits per heavy atom. The van der Waals surface area contributed by atoms with Gasteiger partial charge in [0.2, 0.25) is 0 Å². The molecule has 0 saturated carbocycles. The molecule has 33 heavy (non-hydrogen) atoms. The van der Waals surface area contributed by atoms with Crippen molar-refractivity contribution in [3.63, 3.8) is 0 Å². The summed E-state index contributed by atoms with van der Waals surface area (Å²) in [5.74, 6) is 0.969. The van der Waals surface area contributed by atoms with Gasteiger partial charge in [-0.05, 0) is 47.1 Å². The molecule has 0 radical (unpaired) electrons. The Balaban J connectivity index is 1.53. The van der Waals surface area contributed by atoms with Crippen LogP contribution in [0.15, 0.2) is 48.5 Å². The van der Waals surface area contributed by atoms with Crippen LogP contribution in [0.5, 0.6) is 0 Å². The summed E-state index contributed by atoms with van der Waals surface area (Å²) in [6, 6.07) is 16.1. The fourth-order valence-electron chi connectivity index (χ4n) is 4.59. The van der Waals surface area contributed by atoms with Crippen LogP contribution in [0.3, 0.4) is 0 Å². The van der Waals surface area contributed by atoms with Crippen molar-refractivity contribution in [3.8, 4) is 11.1 Å². The van der Waals surface area contributed by atoms with Crippen molar-refractivity contribution in [2.75, 3.05) is 18.6 Å². The normalized spacial score (nSPS) is 13.3. The Bertz CT molecular complexity index is 868. The maximum Gasteiger partial charge on any atom is 0.407 e. The fourth-order valence-corrected chi connectivity index (χ4v) is 5.06. The Hall–Kier alpha value is -2.27. The topological polar surface area (TPSA) is 55.4 Å². The first kappa shape index (κ1) is 25.4. The van der Waals surface area contributed by atoms with Crippen molar-refractivity contribution in [3.05, 3.63) is 59.7 Å². The zero-order valence-corrected chi connectivity index (χ0v) is 20.8. The van der Waals surface area contributed by atoms with Gasteiger partial charge in [0.1, 0.15) is 6.61 Å². The summed E-state index contributed by atoms with van der Waals surface area (Å²) < 4.78 is 5.66. The Labute approximate surface area is 202 Å². The second-order valence-corrected chi connectivity index (χ2v) is 9.77. The van der Waals surface area contributed by atoms with Crippen LogP contribution >= 0.6 is 11.8 Å². The van der Waals surface area contributed by atoms with Gasteiger partial charge in [0, 0.05) is 12.3 Å². The number of amides is 1. The zero-order chi connectivity index (χ0) is 23.5. The van der Waals surface area contributed by atoms with E-state index in [-0.39, 0.29) is 18.3 Å². The minimum absolute atomic E-state index is 0.0200. The molecule has 0 bridgehead atoms. The molecule has 1 aliphatic carbocycles. The number of ketones is 1. The fraction of sp³-hybridized carbons (Fsp3) is 0.500. The van der Waals surface area contributed by atoms with Crippen LogP contribution in [-0.4, -0.2) is 36.5 Å². The molecule has 0 saturated heterocycles. The molecule has 1 N–H and O–H groups in total. The Morgan fingerprint density at radius 1 is 0.939 bits per heavy atom. The highest BCUT2D eigenvalue weighted by Gasteiger charge is 2.29. The number of benzene rings is 2. The maximum atomic E-state index is 12.8. The summed E-state index contributed by atoms with van der Waals surface area (Å²) in [6.45, 7) is 2.47. The molecule has 0 aliphatic heterocycles. The predicted molar refractivity (Wildman–Crippen MR) is 138 cm³/mol. The van der Waals surface area contributed by atoms with Gasteiger partial charge in [0.25, 0.3) is 0 Å². The number of rotatable bonds is 14. The average Bonchev–Trinajstić information content (AvgIpc) is 3.16. The SMILES string of the molecule is CCCCCCCCC(=O)[C@H](CCSC)NC(=O)OCC1c2ccccc2-c2ccccc21. The van der Waals surface area contributed by atoms with E-state index in [0.29, 0.717) is 12.8 Å². The molecule has 5 heteroatoms. The third-order valence-electron chi connectivity index (χ3n) is 6.41. The minimum atomic E-state index is -0.501. The third kappa shape index (κ3) is 7.10. The number of carbonyl (C=O) groups excluding carboxylic acids is 2. The summed E-state index contributed by atoms with van der Waals surface area (Å²) in [4.78, 5) is 25.4. The van der Waals surface area contributed by atoms with Gasteiger partial charge in [-0.3, -0.25) is 4.79 Å². The number of carbonyl (C=O) groups is 2. The summed E-state index contributed by atoms with van der Waals surface area (Å²) in [5, 5.41) is 2.86. The molecular formula is C28H37NO3S. The van der Waals surface area contributed by atoms with E-state index in [9.17, 15) is 9.59 Å². The van der Waals surface area contributed by atoms with Gasteiger partial charge in [-0.1, -0.05) is 87.6 Å². The van der Waals surface area contributed by atoms with E-state index in [1.165, 1.54) is 47.9 Å². The van der Waals surface area contributed by atoms with E-state index < -0.39 is 12.1 Å². The van der Waals surface area contributed by atoms with E-state index in [2.05, 4.69) is 36.5 Å². The summed E-state index contributed by atoms with van der Waals surface area (Å²) in [7, 11) is 0. The van der Waals surface area contributed by atoms with E-state index >= 15 is 0 Å². The summed E-state index contributed by atoms with van der Waals surface area (Å²) in [6.07, 6.45) is 9.54. The molecule has 1 atom stereocenters. The molecule has 1 aliphatic rings. The number of Topliss-reactive ketones (excluding diaryl/α,β-unsaturated/α-hetero) is 1. The number of hydrogen-bond donors (Lipinski definition) is 1. The lowest BCUT2D eigenvalue weighted by Gasteiger charge is -2.19. The van der Waals surface area contributed by atoms with Crippen LogP contribution in [0.2, 0.25) is 0 Å². The van der Waals surface area contributed by atoms with Crippen LogP contribution in [0.25, 0.3) is 11.1 Å². The number of ether oxygens (including phenoxy) is 1. The second-order valence-electron chi connectivity index (χ2n) is 8.79. The highest BCUT2D eigenvalue weighted by atomic mass is 32.2. The zero-order valence-electron chi connectivity index (χ0n) is 20.0. The molecule has 4 nitrogen and oxygen atoms in total. The number of fused-ring (bicyclic) bond motifs is 3. The van der Waals surface area contributed by atoms with Crippen LogP contribution in [0.1, 0.15) is 75.3 Å². The predicted octanol–water partition coefficient (Wildman–Crippen LogP) is 6.97. The standard InChI is InChI=1S/C28H37NO3S/c1-3-4-5-6-7-8-17-27(30)26(18-19-33-2)29-28(31)32-20-25-23-15-11-9-13-21(23)22-14-10-12-16-24(22)25/h9-16,25-26H,3-8,17-20H2,1-2H3,(H,29,31)/t26-/m0/s1. The first-order chi connectivity index (χ1) is 16.2. The van der Waals surface area contributed by atoms with Gasteiger partial charge in [-0.15, -0.1) is 0 Å². The molecule has 0 spiro atoms. The van der Waals surface area contributed by atoms with E-state index in [4.69, 9.17) is 4.74 Å². The average molecular weight is 468 g/mol. The third-order valence-corrected chi connectivity index (χ3v) is 7.06. The number of alkyl carbamates (subject to hydrolysis) is 1. The van der Waals surface area contributed by atoms with E-state index in [1.54, 1.807) is 11.8 Å². The van der Waals surface area contributed by atoms with Gasteiger partial charge >= 0.3 is 6.09 Å². The van der Waals surface area contributed by atoms with Crippen molar-refractivity contribution >= 4 is 23.6 Å². The van der Waals surface area contributed by atoms with Gasteiger partial charge in [-0.2, -0.15) is 11.8 Å².